The third-order valence-corrected chi connectivity index (χ3v) is 8.55. The zero-order chi connectivity index (χ0) is 29.3. The van der Waals surface area contributed by atoms with Gasteiger partial charge in [-0.15, -0.1) is 5.10 Å². The highest BCUT2D eigenvalue weighted by molar-refractivity contribution is 6.31. The van der Waals surface area contributed by atoms with E-state index in [9.17, 15) is 23.2 Å². The Morgan fingerprint density at radius 1 is 1.15 bits per heavy atom. The number of piperidine rings is 1. The van der Waals surface area contributed by atoms with Crippen molar-refractivity contribution >= 4 is 29.4 Å². The Balaban J connectivity index is 1.51. The predicted molar refractivity (Wildman–Crippen MR) is 145 cm³/mol. The van der Waals surface area contributed by atoms with Crippen LogP contribution in [0.4, 0.5) is 13.6 Å². The van der Waals surface area contributed by atoms with Gasteiger partial charge >= 0.3 is 6.03 Å². The maximum absolute atomic E-state index is 14.2. The zero-order valence-corrected chi connectivity index (χ0v) is 23.9. The Morgan fingerprint density at radius 3 is 2.66 bits per heavy atom. The van der Waals surface area contributed by atoms with Gasteiger partial charge in [-0.1, -0.05) is 16.8 Å². The van der Waals surface area contributed by atoms with E-state index in [1.807, 2.05) is 0 Å². The smallest absolute Gasteiger partial charge is 0.317 e. The molecule has 1 aromatic heterocycles. The van der Waals surface area contributed by atoms with Crippen molar-refractivity contribution in [2.24, 2.45) is 7.05 Å². The van der Waals surface area contributed by atoms with Crippen LogP contribution in [0.1, 0.15) is 67.1 Å². The molecule has 2 atom stereocenters. The molecule has 2 fully saturated rings. The van der Waals surface area contributed by atoms with Crippen molar-refractivity contribution in [2.75, 3.05) is 33.2 Å². The van der Waals surface area contributed by atoms with E-state index in [1.165, 1.54) is 7.05 Å². The molecule has 2 aromatic rings. The topological polar surface area (TPSA) is 113 Å². The molecule has 0 saturated carbocycles. The number of halogens is 3. The van der Waals surface area contributed by atoms with Gasteiger partial charge in [-0.2, -0.15) is 0 Å². The molecule has 0 bridgehead atoms. The number of alkyl halides is 2. The fraction of sp³-hybridized carbons (Fsp3) is 0.593. The highest BCUT2D eigenvalue weighted by Crippen LogP contribution is 2.42. The third-order valence-electron chi connectivity index (χ3n) is 8.20. The van der Waals surface area contributed by atoms with Gasteiger partial charge in [0.05, 0.1) is 6.04 Å². The van der Waals surface area contributed by atoms with Gasteiger partial charge in [0.25, 0.3) is 6.43 Å². The summed E-state index contributed by atoms with van der Waals surface area (Å²) in [5.74, 6) is 0.173. The Kier molecular flexibility index (Phi) is 8.62. The number of ether oxygens (including phenoxy) is 1. The SMILES string of the molecule is CNC(=O)N1CCCCC1C(=O)N1CCc2c(Cl)ccc(OCc3nnn(C)c3C(F)F)c2[C@H]1CN1CCCC1=O. The van der Waals surface area contributed by atoms with Gasteiger partial charge in [-0.25, -0.2) is 18.3 Å². The van der Waals surface area contributed by atoms with Crippen molar-refractivity contribution in [2.45, 2.75) is 63.6 Å². The maximum Gasteiger partial charge on any atom is 0.317 e. The first-order valence-corrected chi connectivity index (χ1v) is 14.3. The molecule has 5 rings (SSSR count). The van der Waals surface area contributed by atoms with E-state index in [0.717, 1.165) is 29.5 Å². The van der Waals surface area contributed by atoms with Crippen molar-refractivity contribution in [1.29, 1.82) is 0 Å². The summed E-state index contributed by atoms with van der Waals surface area (Å²) >= 11 is 6.65. The second kappa shape index (κ2) is 12.2. The van der Waals surface area contributed by atoms with E-state index in [-0.39, 0.29) is 42.4 Å². The van der Waals surface area contributed by atoms with E-state index < -0.39 is 18.5 Å². The monoisotopic (exact) mass is 593 g/mol. The first-order chi connectivity index (χ1) is 19.7. The van der Waals surface area contributed by atoms with Crippen LogP contribution in [-0.4, -0.2) is 86.8 Å². The molecule has 0 spiro atoms. The minimum atomic E-state index is -2.78. The molecular formula is C27H34ClF2N7O4. The van der Waals surface area contributed by atoms with Gasteiger partial charge in [-0.3, -0.25) is 9.59 Å². The molecule has 4 heterocycles. The van der Waals surface area contributed by atoms with Crippen molar-refractivity contribution < 1.29 is 27.9 Å². The number of nitrogens with zero attached hydrogens (tertiary/aromatic N) is 6. The summed E-state index contributed by atoms with van der Waals surface area (Å²) in [6.07, 6.45) is 0.962. The number of rotatable bonds is 7. The molecular weight excluding hydrogens is 560 g/mol. The summed E-state index contributed by atoms with van der Waals surface area (Å²) in [6, 6.07) is 1.79. The summed E-state index contributed by atoms with van der Waals surface area (Å²) in [4.78, 5) is 44.6. The Bertz CT molecular complexity index is 1320. The van der Waals surface area contributed by atoms with E-state index in [1.54, 1.807) is 33.9 Å². The maximum atomic E-state index is 14.2. The number of carbonyl (C=O) groups excluding carboxylic acids is 3. The van der Waals surface area contributed by atoms with E-state index in [2.05, 4.69) is 15.6 Å². The van der Waals surface area contributed by atoms with Crippen LogP contribution in [0.15, 0.2) is 12.1 Å². The Morgan fingerprint density at radius 2 is 1.95 bits per heavy atom. The van der Waals surface area contributed by atoms with Crippen LogP contribution in [0.2, 0.25) is 5.02 Å². The number of likely N-dealkylation sites (tertiary alicyclic amines) is 2. The van der Waals surface area contributed by atoms with E-state index in [4.69, 9.17) is 16.3 Å². The van der Waals surface area contributed by atoms with Crippen molar-refractivity contribution in [3.63, 3.8) is 0 Å². The number of aryl methyl sites for hydroxylation is 1. The number of aromatic nitrogens is 3. The van der Waals surface area contributed by atoms with E-state index >= 15 is 0 Å². The molecule has 4 amide bonds. The number of urea groups is 1. The highest BCUT2D eigenvalue weighted by atomic mass is 35.5. The molecule has 0 aliphatic carbocycles. The average Bonchev–Trinajstić information content (AvgIpc) is 3.56. The molecule has 0 radical (unpaired) electrons. The number of benzene rings is 1. The lowest BCUT2D eigenvalue weighted by Crippen LogP contribution is -2.57. The summed E-state index contributed by atoms with van der Waals surface area (Å²) in [5, 5.41) is 10.7. The Labute approximate surface area is 241 Å². The number of carbonyl (C=O) groups is 3. The number of fused-ring (bicyclic) bond motifs is 1. The van der Waals surface area contributed by atoms with Crippen LogP contribution in [-0.2, 0) is 29.7 Å². The fourth-order valence-corrected chi connectivity index (χ4v) is 6.41. The van der Waals surface area contributed by atoms with Gasteiger partial charge in [0, 0.05) is 57.3 Å². The van der Waals surface area contributed by atoms with Crippen LogP contribution in [0.25, 0.3) is 0 Å². The second-order valence-electron chi connectivity index (χ2n) is 10.6. The number of hydrogen-bond acceptors (Lipinski definition) is 6. The van der Waals surface area contributed by atoms with Crippen molar-refractivity contribution in [3.8, 4) is 5.75 Å². The summed E-state index contributed by atoms with van der Waals surface area (Å²) in [7, 11) is 2.93. The van der Waals surface area contributed by atoms with Crippen LogP contribution >= 0.6 is 11.6 Å². The molecule has 1 aromatic carbocycles. The molecule has 3 aliphatic heterocycles. The van der Waals surface area contributed by atoms with Crippen LogP contribution in [0.3, 0.4) is 0 Å². The lowest BCUT2D eigenvalue weighted by atomic mass is 9.89. The van der Waals surface area contributed by atoms with E-state index in [0.29, 0.717) is 55.2 Å². The quantitative estimate of drug-likeness (QED) is 0.527. The van der Waals surface area contributed by atoms with Gasteiger partial charge < -0.3 is 24.8 Å². The predicted octanol–water partition coefficient (Wildman–Crippen LogP) is 3.23. The van der Waals surface area contributed by atoms with Crippen LogP contribution < -0.4 is 10.1 Å². The normalized spacial score (nSPS) is 20.9. The molecule has 222 valence electrons. The third kappa shape index (κ3) is 5.68. The number of amides is 4. The average molecular weight is 594 g/mol. The Hall–Kier alpha value is -3.48. The second-order valence-corrected chi connectivity index (χ2v) is 11.0. The highest BCUT2D eigenvalue weighted by Gasteiger charge is 2.42. The van der Waals surface area contributed by atoms with Crippen molar-refractivity contribution in [3.05, 3.63) is 39.7 Å². The first-order valence-electron chi connectivity index (χ1n) is 13.9. The van der Waals surface area contributed by atoms with Crippen molar-refractivity contribution in [1.82, 2.24) is 35.0 Å². The standard InChI is InChI=1S/C27H34ClF2N7O4/c1-31-27(40)37-12-4-3-6-19(37)26(39)36-13-10-16-17(28)8-9-21(23(16)20(36)14-35-11-5-7-22(35)38)41-15-18-24(25(29)30)34(2)33-32-18/h8-9,19-20,25H,3-7,10-15H2,1-2H3,(H,31,40)/t19?,20-/m1/s1. The fourth-order valence-electron chi connectivity index (χ4n) is 6.15. The van der Waals surface area contributed by atoms with Gasteiger partial charge in [0.1, 0.15) is 29.8 Å². The molecule has 41 heavy (non-hydrogen) atoms. The molecule has 1 N–H and O–H groups in total. The molecule has 1 unspecified atom stereocenters. The first kappa shape index (κ1) is 29.0. The molecule has 3 aliphatic rings. The lowest BCUT2D eigenvalue weighted by Gasteiger charge is -2.44. The van der Waals surface area contributed by atoms with Gasteiger partial charge in [0.2, 0.25) is 11.8 Å². The zero-order valence-electron chi connectivity index (χ0n) is 23.1. The van der Waals surface area contributed by atoms with Crippen LogP contribution in [0.5, 0.6) is 5.75 Å². The molecule has 14 heteroatoms. The lowest BCUT2D eigenvalue weighted by molar-refractivity contribution is -0.142. The molecule has 11 nitrogen and oxygen atoms in total. The largest absolute Gasteiger partial charge is 0.487 e. The van der Waals surface area contributed by atoms with Gasteiger partial charge in [0.15, 0.2) is 0 Å². The number of nitrogens with one attached hydrogen (secondary N) is 1. The van der Waals surface area contributed by atoms with Crippen LogP contribution in [0, 0.1) is 0 Å². The number of hydrogen-bond donors (Lipinski definition) is 1. The summed E-state index contributed by atoms with van der Waals surface area (Å²) < 4.78 is 34.4. The minimum absolute atomic E-state index is 0.000178. The minimum Gasteiger partial charge on any atom is -0.487 e. The summed E-state index contributed by atoms with van der Waals surface area (Å²) in [6.45, 7) is 1.35. The van der Waals surface area contributed by atoms with Gasteiger partial charge in [-0.05, 0) is 49.8 Å². The summed E-state index contributed by atoms with van der Waals surface area (Å²) in [5.41, 5.74) is 1.09. The molecule has 2 saturated heterocycles.